The normalized spacial score (nSPS) is 10.6. The highest BCUT2D eigenvalue weighted by Gasteiger charge is 2.10. The fourth-order valence-electron chi connectivity index (χ4n) is 1.02. The molecule has 0 saturated heterocycles. The van der Waals surface area contributed by atoms with Crippen LogP contribution >= 0.6 is 11.3 Å². The molecule has 0 atom stereocenters. The molecular formula is C12H11NO2S. The van der Waals surface area contributed by atoms with Crippen LogP contribution in [-0.2, 0) is 9.53 Å². The van der Waals surface area contributed by atoms with Crippen molar-refractivity contribution in [3.05, 3.63) is 40.1 Å². The SMILES string of the molecule is C=CCOC(=O)/C(C#N)=C\c1ccc(C)s1. The molecule has 16 heavy (non-hydrogen) atoms. The molecule has 0 aromatic carbocycles. The summed E-state index contributed by atoms with van der Waals surface area (Å²) in [6.07, 6.45) is 2.99. The van der Waals surface area contributed by atoms with Gasteiger partial charge in [-0.25, -0.2) is 4.79 Å². The molecule has 1 heterocycles. The van der Waals surface area contributed by atoms with Gasteiger partial charge in [0.05, 0.1) is 0 Å². The molecule has 0 unspecified atom stereocenters. The molecule has 0 spiro atoms. The fourth-order valence-corrected chi connectivity index (χ4v) is 1.84. The lowest BCUT2D eigenvalue weighted by Crippen LogP contribution is -2.06. The van der Waals surface area contributed by atoms with Crippen LogP contribution in [0.4, 0.5) is 0 Å². The number of esters is 1. The lowest BCUT2D eigenvalue weighted by atomic mass is 10.2. The lowest BCUT2D eigenvalue weighted by molar-refractivity contribution is -0.137. The Morgan fingerprint density at radius 3 is 2.94 bits per heavy atom. The summed E-state index contributed by atoms with van der Waals surface area (Å²) in [5, 5.41) is 8.82. The van der Waals surface area contributed by atoms with E-state index in [0.29, 0.717) is 0 Å². The number of ether oxygens (including phenoxy) is 1. The summed E-state index contributed by atoms with van der Waals surface area (Å²) < 4.78 is 4.78. The number of nitriles is 1. The first-order valence-corrected chi connectivity index (χ1v) is 5.45. The van der Waals surface area contributed by atoms with Gasteiger partial charge in [-0.3, -0.25) is 0 Å². The molecule has 0 aliphatic rings. The van der Waals surface area contributed by atoms with Crippen molar-refractivity contribution in [1.82, 2.24) is 0 Å². The van der Waals surface area contributed by atoms with Crippen molar-refractivity contribution in [3.63, 3.8) is 0 Å². The molecule has 82 valence electrons. The van der Waals surface area contributed by atoms with E-state index in [2.05, 4.69) is 6.58 Å². The Bertz CT molecular complexity index is 466. The second-order valence-corrected chi connectivity index (χ2v) is 4.32. The number of aryl methyl sites for hydroxylation is 1. The predicted octanol–water partition coefficient (Wildman–Crippen LogP) is 2.69. The van der Waals surface area contributed by atoms with Gasteiger partial charge in [0, 0.05) is 9.75 Å². The molecule has 0 aliphatic heterocycles. The van der Waals surface area contributed by atoms with Gasteiger partial charge in [-0.05, 0) is 25.1 Å². The topological polar surface area (TPSA) is 50.1 Å². The van der Waals surface area contributed by atoms with Gasteiger partial charge in [0.15, 0.2) is 0 Å². The highest BCUT2D eigenvalue weighted by atomic mass is 32.1. The molecule has 0 aliphatic carbocycles. The summed E-state index contributed by atoms with van der Waals surface area (Å²) in [7, 11) is 0. The average Bonchev–Trinajstić information content (AvgIpc) is 2.68. The summed E-state index contributed by atoms with van der Waals surface area (Å²) in [4.78, 5) is 13.4. The Kier molecular flexibility index (Phi) is 4.49. The van der Waals surface area contributed by atoms with E-state index in [1.165, 1.54) is 23.5 Å². The number of nitrogens with zero attached hydrogens (tertiary/aromatic N) is 1. The Morgan fingerprint density at radius 1 is 1.69 bits per heavy atom. The number of hydrogen-bond donors (Lipinski definition) is 0. The number of carbonyl (C=O) groups excluding carboxylic acids is 1. The van der Waals surface area contributed by atoms with Crippen molar-refractivity contribution < 1.29 is 9.53 Å². The summed E-state index contributed by atoms with van der Waals surface area (Å²) in [6.45, 7) is 5.50. The predicted molar refractivity (Wildman–Crippen MR) is 63.8 cm³/mol. The molecule has 1 aromatic heterocycles. The maximum Gasteiger partial charge on any atom is 0.349 e. The van der Waals surface area contributed by atoms with Crippen LogP contribution in [-0.4, -0.2) is 12.6 Å². The van der Waals surface area contributed by atoms with Crippen LogP contribution in [0, 0.1) is 18.3 Å². The molecule has 3 nitrogen and oxygen atoms in total. The second kappa shape index (κ2) is 5.89. The Hall–Kier alpha value is -1.86. The minimum absolute atomic E-state index is 0.00343. The molecule has 0 amide bonds. The van der Waals surface area contributed by atoms with Crippen LogP contribution in [0.1, 0.15) is 9.75 Å². The van der Waals surface area contributed by atoms with Gasteiger partial charge in [0.2, 0.25) is 0 Å². The number of rotatable bonds is 4. The zero-order valence-electron chi connectivity index (χ0n) is 8.90. The molecule has 0 N–H and O–H groups in total. The van der Waals surface area contributed by atoms with E-state index in [4.69, 9.17) is 10.00 Å². The standard InChI is InChI=1S/C12H11NO2S/c1-3-6-15-12(14)10(8-13)7-11-5-4-9(2)16-11/h3-5,7H,1,6H2,2H3/b10-7-. The van der Waals surface area contributed by atoms with Gasteiger partial charge in [-0.2, -0.15) is 5.26 Å². The molecule has 1 aromatic rings. The summed E-state index contributed by atoms with van der Waals surface area (Å²) in [6, 6.07) is 5.62. The van der Waals surface area contributed by atoms with Gasteiger partial charge in [-0.15, -0.1) is 11.3 Å². The third-order valence-corrected chi connectivity index (χ3v) is 2.67. The largest absolute Gasteiger partial charge is 0.457 e. The minimum Gasteiger partial charge on any atom is -0.457 e. The fraction of sp³-hybridized carbons (Fsp3) is 0.167. The van der Waals surface area contributed by atoms with Crippen molar-refractivity contribution in [2.75, 3.05) is 6.61 Å². The van der Waals surface area contributed by atoms with E-state index in [0.717, 1.165) is 9.75 Å². The first-order valence-electron chi connectivity index (χ1n) is 4.63. The van der Waals surface area contributed by atoms with E-state index >= 15 is 0 Å². The van der Waals surface area contributed by atoms with Crippen molar-refractivity contribution in [2.45, 2.75) is 6.92 Å². The third kappa shape index (κ3) is 3.37. The Labute approximate surface area is 98.3 Å². The van der Waals surface area contributed by atoms with E-state index in [9.17, 15) is 4.79 Å². The quantitative estimate of drug-likeness (QED) is 0.348. The van der Waals surface area contributed by atoms with Gasteiger partial charge in [0.25, 0.3) is 0 Å². The van der Waals surface area contributed by atoms with Crippen molar-refractivity contribution >= 4 is 23.4 Å². The average molecular weight is 233 g/mol. The van der Waals surface area contributed by atoms with Gasteiger partial charge < -0.3 is 4.74 Å². The second-order valence-electron chi connectivity index (χ2n) is 3.01. The highest BCUT2D eigenvalue weighted by molar-refractivity contribution is 7.12. The van der Waals surface area contributed by atoms with E-state index in [-0.39, 0.29) is 12.2 Å². The monoisotopic (exact) mass is 233 g/mol. The van der Waals surface area contributed by atoms with Crippen LogP contribution in [0.2, 0.25) is 0 Å². The third-order valence-electron chi connectivity index (χ3n) is 1.72. The van der Waals surface area contributed by atoms with Crippen molar-refractivity contribution in [1.29, 1.82) is 5.26 Å². The zero-order valence-corrected chi connectivity index (χ0v) is 9.71. The first kappa shape index (κ1) is 12.2. The van der Waals surface area contributed by atoms with Crippen LogP contribution in [0.5, 0.6) is 0 Å². The molecule has 0 saturated carbocycles. The van der Waals surface area contributed by atoms with Gasteiger partial charge in [0.1, 0.15) is 18.2 Å². The van der Waals surface area contributed by atoms with Crippen LogP contribution in [0.15, 0.2) is 30.4 Å². The molecule has 0 radical (unpaired) electrons. The maximum absolute atomic E-state index is 11.4. The number of hydrogen-bond acceptors (Lipinski definition) is 4. The molecule has 4 heteroatoms. The van der Waals surface area contributed by atoms with E-state index in [1.54, 1.807) is 0 Å². The maximum atomic E-state index is 11.4. The molecular weight excluding hydrogens is 222 g/mol. The van der Waals surface area contributed by atoms with E-state index in [1.807, 2.05) is 25.1 Å². The van der Waals surface area contributed by atoms with Crippen molar-refractivity contribution in [2.24, 2.45) is 0 Å². The number of thiophene rings is 1. The van der Waals surface area contributed by atoms with Gasteiger partial charge >= 0.3 is 5.97 Å². The smallest absolute Gasteiger partial charge is 0.349 e. The van der Waals surface area contributed by atoms with Crippen LogP contribution < -0.4 is 0 Å². The lowest BCUT2D eigenvalue weighted by Gasteiger charge is -1.98. The number of carbonyl (C=O) groups is 1. The molecule has 0 bridgehead atoms. The van der Waals surface area contributed by atoms with Gasteiger partial charge in [-0.1, -0.05) is 12.7 Å². The zero-order chi connectivity index (χ0) is 12.0. The minimum atomic E-state index is -0.617. The highest BCUT2D eigenvalue weighted by Crippen LogP contribution is 2.18. The Morgan fingerprint density at radius 2 is 2.44 bits per heavy atom. The summed E-state index contributed by atoms with van der Waals surface area (Å²) in [5.41, 5.74) is 0.00343. The summed E-state index contributed by atoms with van der Waals surface area (Å²) >= 11 is 1.52. The van der Waals surface area contributed by atoms with Crippen LogP contribution in [0.25, 0.3) is 6.08 Å². The first-order chi connectivity index (χ1) is 7.67. The molecule has 1 rings (SSSR count). The van der Waals surface area contributed by atoms with Crippen molar-refractivity contribution in [3.8, 4) is 6.07 Å². The van der Waals surface area contributed by atoms with Crippen LogP contribution in [0.3, 0.4) is 0 Å². The molecule has 0 fully saturated rings. The van der Waals surface area contributed by atoms with E-state index < -0.39 is 5.97 Å². The Balaban J connectivity index is 2.82. The summed E-state index contributed by atoms with van der Waals surface area (Å²) in [5.74, 6) is -0.617.